The van der Waals surface area contributed by atoms with E-state index in [9.17, 15) is 4.79 Å². The van der Waals surface area contributed by atoms with Gasteiger partial charge in [0.15, 0.2) is 5.78 Å². The van der Waals surface area contributed by atoms with Gasteiger partial charge in [0.2, 0.25) is 0 Å². The molecule has 2 nitrogen and oxygen atoms in total. The van der Waals surface area contributed by atoms with E-state index >= 15 is 0 Å². The number of nitrogens with one attached hydrogen (secondary N) is 1. The Morgan fingerprint density at radius 3 is 2.95 bits per heavy atom. The fourth-order valence-corrected chi connectivity index (χ4v) is 3.42. The predicted molar refractivity (Wildman–Crippen MR) is 83.1 cm³/mol. The molecule has 0 amide bonds. The standard InChI is InChI=1S/C15H12BrNOS/c1-2-9-4-3-5-11-12(7-17-14(9)11)15(18)10-6-13(16)19-8-10/h3-8,17H,2H2,1H3. The largest absolute Gasteiger partial charge is 0.360 e. The van der Waals surface area contributed by atoms with Gasteiger partial charge in [0.05, 0.1) is 3.79 Å². The Morgan fingerprint density at radius 1 is 1.42 bits per heavy atom. The number of benzene rings is 1. The van der Waals surface area contributed by atoms with Crippen LogP contribution in [0.25, 0.3) is 10.9 Å². The van der Waals surface area contributed by atoms with Crippen LogP contribution in [0.3, 0.4) is 0 Å². The van der Waals surface area contributed by atoms with E-state index < -0.39 is 0 Å². The second-order valence-corrected chi connectivity index (χ2v) is 6.65. The Balaban J connectivity index is 2.13. The first-order valence-corrected chi connectivity index (χ1v) is 7.75. The minimum Gasteiger partial charge on any atom is -0.360 e. The summed E-state index contributed by atoms with van der Waals surface area (Å²) in [7, 11) is 0. The molecule has 3 aromatic rings. The van der Waals surface area contributed by atoms with Gasteiger partial charge in [-0.15, -0.1) is 11.3 Å². The molecule has 1 aromatic carbocycles. The van der Waals surface area contributed by atoms with Crippen molar-refractivity contribution in [2.45, 2.75) is 13.3 Å². The second-order valence-electron chi connectivity index (χ2n) is 4.36. The average Bonchev–Trinajstić information content (AvgIpc) is 3.03. The fourth-order valence-electron chi connectivity index (χ4n) is 2.28. The third-order valence-electron chi connectivity index (χ3n) is 3.26. The highest BCUT2D eigenvalue weighted by molar-refractivity contribution is 9.11. The molecule has 0 radical (unpaired) electrons. The number of hydrogen-bond acceptors (Lipinski definition) is 2. The SMILES string of the molecule is CCc1cccc2c(C(=O)c3csc(Br)c3)c[nH]c12. The molecule has 2 aromatic heterocycles. The smallest absolute Gasteiger partial charge is 0.196 e. The van der Waals surface area contributed by atoms with E-state index in [2.05, 4.69) is 33.9 Å². The van der Waals surface area contributed by atoms with Crippen LogP contribution < -0.4 is 0 Å². The van der Waals surface area contributed by atoms with Crippen molar-refractivity contribution in [1.82, 2.24) is 4.98 Å². The topological polar surface area (TPSA) is 32.9 Å². The summed E-state index contributed by atoms with van der Waals surface area (Å²) in [6.07, 6.45) is 2.77. The van der Waals surface area contributed by atoms with Crippen LogP contribution in [0, 0.1) is 0 Å². The highest BCUT2D eigenvalue weighted by Gasteiger charge is 2.16. The highest BCUT2D eigenvalue weighted by atomic mass is 79.9. The molecule has 3 rings (SSSR count). The molecule has 0 aliphatic carbocycles. The lowest BCUT2D eigenvalue weighted by Crippen LogP contribution is -1.98. The van der Waals surface area contributed by atoms with E-state index in [1.54, 1.807) is 0 Å². The van der Waals surface area contributed by atoms with Gasteiger partial charge in [0.1, 0.15) is 0 Å². The number of hydrogen-bond donors (Lipinski definition) is 1. The molecule has 0 saturated heterocycles. The van der Waals surface area contributed by atoms with Crippen LogP contribution in [0.5, 0.6) is 0 Å². The van der Waals surface area contributed by atoms with Crippen molar-refractivity contribution >= 4 is 44.0 Å². The highest BCUT2D eigenvalue weighted by Crippen LogP contribution is 2.27. The Hall–Kier alpha value is -1.39. The lowest BCUT2D eigenvalue weighted by Gasteiger charge is -2.00. The summed E-state index contributed by atoms with van der Waals surface area (Å²) in [5.41, 5.74) is 3.79. The Labute approximate surface area is 123 Å². The summed E-state index contributed by atoms with van der Waals surface area (Å²) < 4.78 is 0.977. The Kier molecular flexibility index (Phi) is 3.29. The first-order chi connectivity index (χ1) is 9.20. The molecule has 4 heteroatoms. The van der Waals surface area contributed by atoms with Gasteiger partial charge in [-0.3, -0.25) is 4.79 Å². The van der Waals surface area contributed by atoms with Gasteiger partial charge in [-0.25, -0.2) is 0 Å². The van der Waals surface area contributed by atoms with Crippen LogP contribution >= 0.6 is 27.3 Å². The number of carbonyl (C=O) groups is 1. The number of carbonyl (C=O) groups excluding carboxylic acids is 1. The zero-order valence-electron chi connectivity index (χ0n) is 10.4. The molecule has 1 N–H and O–H groups in total. The van der Waals surface area contributed by atoms with Gasteiger partial charge in [0.25, 0.3) is 0 Å². The summed E-state index contributed by atoms with van der Waals surface area (Å²) in [5, 5.41) is 2.89. The van der Waals surface area contributed by atoms with Crippen LogP contribution in [0.15, 0.2) is 39.6 Å². The van der Waals surface area contributed by atoms with Crippen LogP contribution in [0.2, 0.25) is 0 Å². The first kappa shape index (κ1) is 12.6. The van der Waals surface area contributed by atoms with Gasteiger partial charge in [0, 0.05) is 33.6 Å². The molecule has 96 valence electrons. The maximum absolute atomic E-state index is 12.5. The molecule has 0 atom stereocenters. The van der Waals surface area contributed by atoms with Gasteiger partial charge < -0.3 is 4.98 Å². The number of aromatic amines is 1. The summed E-state index contributed by atoms with van der Waals surface area (Å²) in [4.78, 5) is 15.7. The second kappa shape index (κ2) is 4.94. The normalized spacial score (nSPS) is 11.1. The molecule has 0 aliphatic heterocycles. The van der Waals surface area contributed by atoms with Gasteiger partial charge in [-0.05, 0) is 34.0 Å². The van der Waals surface area contributed by atoms with Crippen molar-refractivity contribution in [2.24, 2.45) is 0 Å². The molecule has 0 aliphatic rings. The van der Waals surface area contributed by atoms with E-state index in [0.717, 1.165) is 32.2 Å². The van der Waals surface area contributed by atoms with Gasteiger partial charge in [-0.1, -0.05) is 25.1 Å². The van der Waals surface area contributed by atoms with Crippen molar-refractivity contribution in [3.05, 3.63) is 56.3 Å². The van der Waals surface area contributed by atoms with Crippen molar-refractivity contribution < 1.29 is 4.79 Å². The molecular weight excluding hydrogens is 322 g/mol. The maximum atomic E-state index is 12.5. The van der Waals surface area contributed by atoms with E-state index in [4.69, 9.17) is 0 Å². The Bertz CT molecular complexity index is 756. The molecule has 0 saturated carbocycles. The summed E-state index contributed by atoms with van der Waals surface area (Å²) >= 11 is 4.92. The van der Waals surface area contributed by atoms with Crippen molar-refractivity contribution in [2.75, 3.05) is 0 Å². The zero-order valence-corrected chi connectivity index (χ0v) is 12.8. The number of rotatable bonds is 3. The van der Waals surface area contributed by atoms with Gasteiger partial charge >= 0.3 is 0 Å². The van der Waals surface area contributed by atoms with Crippen LogP contribution in [-0.4, -0.2) is 10.8 Å². The van der Waals surface area contributed by atoms with Crippen molar-refractivity contribution in [3.8, 4) is 0 Å². The molecule has 0 fully saturated rings. The molecular formula is C15H12BrNOS. The molecule has 0 unspecified atom stereocenters. The summed E-state index contributed by atoms with van der Waals surface area (Å²) in [5.74, 6) is 0.0708. The molecule has 0 spiro atoms. The summed E-state index contributed by atoms with van der Waals surface area (Å²) in [6.45, 7) is 2.12. The number of fused-ring (bicyclic) bond motifs is 1. The number of aryl methyl sites for hydroxylation is 1. The number of aromatic nitrogens is 1. The zero-order chi connectivity index (χ0) is 13.4. The fraction of sp³-hybridized carbons (Fsp3) is 0.133. The lowest BCUT2D eigenvalue weighted by atomic mass is 10.0. The lowest BCUT2D eigenvalue weighted by molar-refractivity contribution is 0.104. The Morgan fingerprint density at radius 2 is 2.26 bits per heavy atom. The van der Waals surface area contributed by atoms with Crippen molar-refractivity contribution in [1.29, 1.82) is 0 Å². The number of halogens is 1. The van der Waals surface area contributed by atoms with Crippen LogP contribution in [0.1, 0.15) is 28.4 Å². The molecule has 19 heavy (non-hydrogen) atoms. The molecule has 2 heterocycles. The quantitative estimate of drug-likeness (QED) is 0.687. The van der Waals surface area contributed by atoms with Crippen LogP contribution in [-0.2, 0) is 6.42 Å². The minimum atomic E-state index is 0.0708. The van der Waals surface area contributed by atoms with E-state index in [-0.39, 0.29) is 5.78 Å². The third kappa shape index (κ3) is 2.15. The number of ketones is 1. The minimum absolute atomic E-state index is 0.0708. The number of thiophene rings is 1. The van der Waals surface area contributed by atoms with E-state index in [0.29, 0.717) is 0 Å². The monoisotopic (exact) mass is 333 g/mol. The predicted octanol–water partition coefficient (Wildman–Crippen LogP) is 4.79. The number of para-hydroxylation sites is 1. The van der Waals surface area contributed by atoms with Crippen molar-refractivity contribution in [3.63, 3.8) is 0 Å². The summed E-state index contributed by atoms with van der Waals surface area (Å²) in [6, 6.07) is 7.97. The van der Waals surface area contributed by atoms with Gasteiger partial charge in [-0.2, -0.15) is 0 Å². The van der Waals surface area contributed by atoms with E-state index in [1.807, 2.05) is 29.8 Å². The maximum Gasteiger partial charge on any atom is 0.196 e. The van der Waals surface area contributed by atoms with Crippen LogP contribution in [0.4, 0.5) is 0 Å². The third-order valence-corrected chi connectivity index (χ3v) is 4.76. The molecule has 0 bridgehead atoms. The average molecular weight is 334 g/mol. The number of H-pyrrole nitrogens is 1. The van der Waals surface area contributed by atoms with E-state index in [1.165, 1.54) is 16.9 Å². The first-order valence-electron chi connectivity index (χ1n) is 6.08.